The van der Waals surface area contributed by atoms with Gasteiger partial charge in [-0.05, 0) is 56.6 Å². The Morgan fingerprint density at radius 2 is 2.03 bits per heavy atom. The summed E-state index contributed by atoms with van der Waals surface area (Å²) >= 11 is 0. The second-order valence-corrected chi connectivity index (χ2v) is 10.0. The van der Waals surface area contributed by atoms with Crippen molar-refractivity contribution in [1.29, 1.82) is 0 Å². The molecule has 0 saturated heterocycles. The molecule has 0 spiro atoms. The van der Waals surface area contributed by atoms with E-state index in [2.05, 4.69) is 20.0 Å². The summed E-state index contributed by atoms with van der Waals surface area (Å²) in [5.74, 6) is 1.27. The van der Waals surface area contributed by atoms with Gasteiger partial charge in [-0.25, -0.2) is 23.1 Å². The zero-order valence-electron chi connectivity index (χ0n) is 17.9. The van der Waals surface area contributed by atoms with Gasteiger partial charge in [0.05, 0.1) is 22.3 Å². The summed E-state index contributed by atoms with van der Waals surface area (Å²) in [4.78, 5) is 8.87. The molecule has 1 saturated carbocycles. The van der Waals surface area contributed by atoms with E-state index in [1.807, 2.05) is 10.8 Å². The minimum absolute atomic E-state index is 0.0962. The summed E-state index contributed by atoms with van der Waals surface area (Å²) in [6.45, 7) is 0.861. The van der Waals surface area contributed by atoms with E-state index < -0.39 is 22.2 Å². The predicted octanol–water partition coefficient (Wildman–Crippen LogP) is 3.77. The van der Waals surface area contributed by atoms with Crippen LogP contribution in [0.5, 0.6) is 0 Å². The van der Waals surface area contributed by atoms with Crippen LogP contribution in [0.3, 0.4) is 0 Å². The number of nitrogens with one attached hydrogen (secondary N) is 2. The Kier molecular flexibility index (Phi) is 5.42. The van der Waals surface area contributed by atoms with Crippen molar-refractivity contribution in [3.05, 3.63) is 54.1 Å². The Balaban J connectivity index is 1.47. The Hall–Kier alpha value is -2.89. The standard InChI is InChI=1S/C22H23F2N5O3S/c1-25-33(30,31)16-7-8-18(17(11-16)19-13-29-10-2-3-21(29)28-19)27-20-9-4-14(12-26-20)22(23,24)32-15-5-6-15/h4,7-9,11-13,15,25H,2-3,5-6,10H2,1H3,(H,26,27). The number of aromatic nitrogens is 3. The molecule has 1 aromatic carbocycles. The van der Waals surface area contributed by atoms with Crippen LogP contribution >= 0.6 is 0 Å². The van der Waals surface area contributed by atoms with E-state index in [0.29, 0.717) is 35.6 Å². The first-order valence-electron chi connectivity index (χ1n) is 10.7. The molecule has 0 amide bonds. The first-order valence-corrected chi connectivity index (χ1v) is 12.2. The summed E-state index contributed by atoms with van der Waals surface area (Å²) in [7, 11) is -2.32. The van der Waals surface area contributed by atoms with E-state index >= 15 is 0 Å². The SMILES string of the molecule is CNS(=O)(=O)c1ccc(Nc2ccc(C(F)(F)OC3CC3)cn2)c(-c2cn3c(n2)CCC3)c1. The highest BCUT2D eigenvalue weighted by Crippen LogP contribution is 2.38. The lowest BCUT2D eigenvalue weighted by atomic mass is 10.1. The Morgan fingerprint density at radius 3 is 2.70 bits per heavy atom. The lowest BCUT2D eigenvalue weighted by Gasteiger charge is -2.17. The van der Waals surface area contributed by atoms with E-state index in [9.17, 15) is 17.2 Å². The second kappa shape index (κ2) is 8.15. The minimum atomic E-state index is -3.67. The lowest BCUT2D eigenvalue weighted by molar-refractivity contribution is -0.255. The Bertz CT molecular complexity index is 1270. The van der Waals surface area contributed by atoms with Crippen molar-refractivity contribution in [2.24, 2.45) is 0 Å². The fourth-order valence-corrected chi connectivity index (χ4v) is 4.51. The van der Waals surface area contributed by atoms with E-state index in [1.165, 1.54) is 31.3 Å². The van der Waals surface area contributed by atoms with Gasteiger partial charge >= 0.3 is 6.11 Å². The molecular formula is C22H23F2N5O3S. The molecule has 3 heterocycles. The summed E-state index contributed by atoms with van der Waals surface area (Å²) in [6.07, 6.45) is 2.34. The maximum atomic E-state index is 14.2. The van der Waals surface area contributed by atoms with E-state index in [4.69, 9.17) is 4.74 Å². The van der Waals surface area contributed by atoms with Crippen molar-refractivity contribution in [2.75, 3.05) is 12.4 Å². The van der Waals surface area contributed by atoms with Gasteiger partial charge in [-0.2, -0.15) is 8.78 Å². The van der Waals surface area contributed by atoms with Crippen molar-refractivity contribution < 1.29 is 21.9 Å². The highest BCUT2D eigenvalue weighted by molar-refractivity contribution is 7.89. The number of nitrogens with zero attached hydrogens (tertiary/aromatic N) is 3. The number of sulfonamides is 1. The van der Waals surface area contributed by atoms with Gasteiger partial charge in [0, 0.05) is 36.6 Å². The van der Waals surface area contributed by atoms with Crippen LogP contribution < -0.4 is 10.0 Å². The molecule has 0 unspecified atom stereocenters. The molecular weight excluding hydrogens is 452 g/mol. The van der Waals surface area contributed by atoms with Crippen LogP contribution in [0.15, 0.2) is 47.6 Å². The van der Waals surface area contributed by atoms with Crippen LogP contribution in [0, 0.1) is 0 Å². The maximum absolute atomic E-state index is 14.2. The largest absolute Gasteiger partial charge is 0.385 e. The van der Waals surface area contributed by atoms with Gasteiger partial charge in [-0.1, -0.05) is 0 Å². The number of anilines is 2. The van der Waals surface area contributed by atoms with Crippen LogP contribution in [0.25, 0.3) is 11.3 Å². The van der Waals surface area contributed by atoms with E-state index in [1.54, 1.807) is 6.07 Å². The Labute approximate surface area is 190 Å². The number of benzene rings is 1. The predicted molar refractivity (Wildman–Crippen MR) is 118 cm³/mol. The number of aryl methyl sites for hydroxylation is 2. The molecule has 2 aliphatic rings. The number of pyridine rings is 1. The number of hydrogen-bond donors (Lipinski definition) is 2. The van der Waals surface area contributed by atoms with E-state index in [-0.39, 0.29) is 10.5 Å². The molecule has 1 aliphatic carbocycles. The van der Waals surface area contributed by atoms with Crippen molar-refractivity contribution in [2.45, 2.75) is 49.3 Å². The molecule has 2 N–H and O–H groups in total. The number of ether oxygens (including phenoxy) is 1. The summed E-state index contributed by atoms with van der Waals surface area (Å²) in [5.41, 5.74) is 1.44. The van der Waals surface area contributed by atoms with E-state index in [0.717, 1.165) is 31.4 Å². The summed E-state index contributed by atoms with van der Waals surface area (Å²) < 4.78 is 62.3. The third kappa shape index (κ3) is 4.48. The maximum Gasteiger partial charge on any atom is 0.385 e. The van der Waals surface area contributed by atoms with Crippen LogP contribution in [0.2, 0.25) is 0 Å². The molecule has 174 valence electrons. The van der Waals surface area contributed by atoms with Gasteiger partial charge in [0.15, 0.2) is 0 Å². The van der Waals surface area contributed by atoms with Crippen molar-refractivity contribution in [3.63, 3.8) is 0 Å². The fourth-order valence-electron chi connectivity index (χ4n) is 3.76. The summed E-state index contributed by atoms with van der Waals surface area (Å²) in [6, 6.07) is 7.33. The molecule has 5 rings (SSSR count). The Morgan fingerprint density at radius 1 is 1.21 bits per heavy atom. The molecule has 1 aliphatic heterocycles. The smallest absolute Gasteiger partial charge is 0.340 e. The molecule has 2 aromatic heterocycles. The van der Waals surface area contributed by atoms with Crippen molar-refractivity contribution in [3.8, 4) is 11.3 Å². The van der Waals surface area contributed by atoms with Gasteiger partial charge in [0.2, 0.25) is 10.0 Å². The number of alkyl halides is 2. The first kappa shape index (κ1) is 21.9. The van der Waals surface area contributed by atoms with Gasteiger partial charge in [0.1, 0.15) is 11.6 Å². The topological polar surface area (TPSA) is 98.1 Å². The third-order valence-electron chi connectivity index (χ3n) is 5.71. The van der Waals surface area contributed by atoms with Gasteiger partial charge < -0.3 is 14.6 Å². The minimum Gasteiger partial charge on any atom is -0.340 e. The van der Waals surface area contributed by atoms with Crippen molar-refractivity contribution >= 4 is 21.5 Å². The number of fused-ring (bicyclic) bond motifs is 1. The fraction of sp³-hybridized carbons (Fsp3) is 0.364. The average molecular weight is 476 g/mol. The zero-order valence-corrected chi connectivity index (χ0v) is 18.7. The van der Waals surface area contributed by atoms with Crippen LogP contribution in [-0.2, 0) is 33.8 Å². The zero-order chi connectivity index (χ0) is 23.2. The van der Waals surface area contributed by atoms with Gasteiger partial charge in [-0.15, -0.1) is 0 Å². The number of halogens is 2. The number of hydrogen-bond acceptors (Lipinski definition) is 6. The second-order valence-electron chi connectivity index (χ2n) is 8.15. The van der Waals surface area contributed by atoms with Gasteiger partial charge in [0.25, 0.3) is 0 Å². The lowest BCUT2D eigenvalue weighted by Crippen LogP contribution is -2.19. The average Bonchev–Trinajstić information content (AvgIpc) is 3.32. The first-order chi connectivity index (χ1) is 15.7. The molecule has 0 atom stereocenters. The van der Waals surface area contributed by atoms with Crippen LogP contribution in [0.4, 0.5) is 20.3 Å². The van der Waals surface area contributed by atoms with Crippen LogP contribution in [0.1, 0.15) is 30.7 Å². The molecule has 11 heteroatoms. The highest BCUT2D eigenvalue weighted by atomic mass is 32.2. The molecule has 0 radical (unpaired) electrons. The van der Waals surface area contributed by atoms with Gasteiger partial charge in [-0.3, -0.25) is 0 Å². The molecule has 33 heavy (non-hydrogen) atoms. The summed E-state index contributed by atoms with van der Waals surface area (Å²) in [5, 5.41) is 3.10. The molecule has 1 fully saturated rings. The number of rotatable bonds is 8. The molecule has 0 bridgehead atoms. The monoisotopic (exact) mass is 475 g/mol. The van der Waals surface area contributed by atoms with Crippen molar-refractivity contribution in [1.82, 2.24) is 19.3 Å². The third-order valence-corrected chi connectivity index (χ3v) is 7.12. The molecule has 3 aromatic rings. The quantitative estimate of drug-likeness (QED) is 0.515. The highest BCUT2D eigenvalue weighted by Gasteiger charge is 2.40. The normalized spacial score (nSPS) is 16.1. The number of imidazole rings is 1. The van der Waals surface area contributed by atoms with Crippen LogP contribution in [-0.4, -0.2) is 36.1 Å². The molecule has 8 nitrogen and oxygen atoms in total.